The minimum absolute atomic E-state index is 0.113. The number of nitrogens with two attached hydrogens (primary N) is 1. The number of fused-ring (bicyclic) bond motifs is 1. The Bertz CT molecular complexity index is 710. The molecule has 0 bridgehead atoms. The van der Waals surface area contributed by atoms with Crippen molar-refractivity contribution in [2.45, 2.75) is 6.04 Å². The lowest BCUT2D eigenvalue weighted by Crippen LogP contribution is -2.28. The van der Waals surface area contributed by atoms with Gasteiger partial charge in [0.25, 0.3) is 0 Å². The molecule has 96 valence electrons. The summed E-state index contributed by atoms with van der Waals surface area (Å²) in [6, 6.07) is 11.7. The molecule has 0 saturated heterocycles. The third-order valence-corrected chi connectivity index (χ3v) is 4.09. The van der Waals surface area contributed by atoms with Crippen molar-refractivity contribution in [2.75, 3.05) is 0 Å². The molecule has 2 heterocycles. The van der Waals surface area contributed by atoms with Crippen LogP contribution in [-0.2, 0) is 0 Å². The lowest BCUT2D eigenvalue weighted by molar-refractivity contribution is 0.636. The fraction of sp³-hybridized carbons (Fsp3) is 0.0714. The number of rotatable bonds is 3. The molecule has 1 aromatic carbocycles. The third-order valence-electron chi connectivity index (χ3n) is 3.01. The van der Waals surface area contributed by atoms with Crippen molar-refractivity contribution < 1.29 is 0 Å². The normalized spacial score (nSPS) is 12.7. The van der Waals surface area contributed by atoms with Crippen LogP contribution in [0, 0.1) is 0 Å². The van der Waals surface area contributed by atoms with Crippen molar-refractivity contribution in [2.24, 2.45) is 5.84 Å². The number of halogens is 1. The Labute approximate surface area is 120 Å². The summed E-state index contributed by atoms with van der Waals surface area (Å²) >= 11 is 7.70. The van der Waals surface area contributed by atoms with Crippen LogP contribution in [0.25, 0.3) is 10.2 Å². The molecule has 2 aromatic heterocycles. The van der Waals surface area contributed by atoms with Crippen LogP contribution in [0.1, 0.15) is 17.2 Å². The van der Waals surface area contributed by atoms with Crippen molar-refractivity contribution >= 4 is 33.2 Å². The van der Waals surface area contributed by atoms with Crippen LogP contribution in [0.5, 0.6) is 0 Å². The average Bonchev–Trinajstić information content (AvgIpc) is 2.87. The molecule has 0 saturated carbocycles. The van der Waals surface area contributed by atoms with Gasteiger partial charge in [-0.15, -0.1) is 11.3 Å². The number of aromatic nitrogens is 1. The van der Waals surface area contributed by atoms with Gasteiger partial charge in [-0.1, -0.05) is 23.7 Å². The Morgan fingerprint density at radius 1 is 1.21 bits per heavy atom. The molecule has 19 heavy (non-hydrogen) atoms. The van der Waals surface area contributed by atoms with Crippen LogP contribution < -0.4 is 11.3 Å². The van der Waals surface area contributed by atoms with Crippen molar-refractivity contribution in [3.05, 3.63) is 64.1 Å². The molecule has 0 aliphatic heterocycles. The highest BCUT2D eigenvalue weighted by Crippen LogP contribution is 2.27. The summed E-state index contributed by atoms with van der Waals surface area (Å²) in [7, 11) is 0. The molecular weight excluding hydrogens is 278 g/mol. The van der Waals surface area contributed by atoms with Crippen LogP contribution in [0.4, 0.5) is 0 Å². The van der Waals surface area contributed by atoms with E-state index in [9.17, 15) is 0 Å². The van der Waals surface area contributed by atoms with Gasteiger partial charge in [0, 0.05) is 11.2 Å². The first-order valence-electron chi connectivity index (χ1n) is 5.82. The topological polar surface area (TPSA) is 50.9 Å². The maximum Gasteiger partial charge on any atom is 0.0809 e. The molecular formula is C14H12ClN3S. The Hall–Kier alpha value is -1.46. The molecule has 3 N–H and O–H groups in total. The predicted octanol–water partition coefficient (Wildman–Crippen LogP) is 3.50. The highest BCUT2D eigenvalue weighted by atomic mass is 35.5. The zero-order valence-corrected chi connectivity index (χ0v) is 11.6. The predicted molar refractivity (Wildman–Crippen MR) is 80.2 cm³/mol. The smallest absolute Gasteiger partial charge is 0.0809 e. The second kappa shape index (κ2) is 5.27. The summed E-state index contributed by atoms with van der Waals surface area (Å²) in [4.78, 5) is 4.44. The van der Waals surface area contributed by atoms with Crippen molar-refractivity contribution in [3.8, 4) is 0 Å². The second-order valence-electron chi connectivity index (χ2n) is 4.23. The standard InChI is InChI=1S/C14H12ClN3S/c15-11-3-1-2-9(6-11)14(18-16)10-7-13-12(17-8-10)4-5-19-13/h1-8,14,18H,16H2. The van der Waals surface area contributed by atoms with E-state index in [1.165, 1.54) is 0 Å². The molecule has 1 unspecified atom stereocenters. The van der Waals surface area contributed by atoms with Crippen LogP contribution in [0.3, 0.4) is 0 Å². The molecule has 3 nitrogen and oxygen atoms in total. The van der Waals surface area contributed by atoms with Gasteiger partial charge in [-0.3, -0.25) is 10.8 Å². The van der Waals surface area contributed by atoms with E-state index in [0.29, 0.717) is 5.02 Å². The van der Waals surface area contributed by atoms with Gasteiger partial charge in [-0.05, 0) is 40.8 Å². The van der Waals surface area contributed by atoms with E-state index in [-0.39, 0.29) is 6.04 Å². The maximum atomic E-state index is 6.03. The average molecular weight is 290 g/mol. The molecule has 0 aliphatic carbocycles. The van der Waals surface area contributed by atoms with Gasteiger partial charge in [0.05, 0.1) is 16.3 Å². The molecule has 3 aromatic rings. The van der Waals surface area contributed by atoms with Gasteiger partial charge in [-0.25, -0.2) is 5.43 Å². The summed E-state index contributed by atoms with van der Waals surface area (Å²) in [6.07, 6.45) is 1.85. The molecule has 0 aliphatic rings. The number of thiophene rings is 1. The summed E-state index contributed by atoms with van der Waals surface area (Å²) < 4.78 is 1.15. The maximum absolute atomic E-state index is 6.03. The Morgan fingerprint density at radius 2 is 2.11 bits per heavy atom. The lowest BCUT2D eigenvalue weighted by atomic mass is 10.0. The molecule has 0 fully saturated rings. The summed E-state index contributed by atoms with van der Waals surface area (Å²) in [6.45, 7) is 0. The first kappa shape index (κ1) is 12.6. The van der Waals surface area contributed by atoms with Crippen molar-refractivity contribution in [3.63, 3.8) is 0 Å². The summed E-state index contributed by atoms with van der Waals surface area (Å²) in [5.74, 6) is 5.69. The van der Waals surface area contributed by atoms with E-state index in [0.717, 1.165) is 21.3 Å². The van der Waals surface area contributed by atoms with E-state index in [4.69, 9.17) is 17.4 Å². The highest BCUT2D eigenvalue weighted by Gasteiger charge is 2.14. The number of hydrazine groups is 1. The SMILES string of the molecule is NNC(c1cccc(Cl)c1)c1cnc2ccsc2c1. The fourth-order valence-corrected chi connectivity index (χ4v) is 3.08. The first-order chi connectivity index (χ1) is 9.28. The Morgan fingerprint density at radius 3 is 2.89 bits per heavy atom. The third kappa shape index (κ3) is 2.48. The fourth-order valence-electron chi connectivity index (χ4n) is 2.09. The van der Waals surface area contributed by atoms with Crippen LogP contribution in [0.2, 0.25) is 5.02 Å². The van der Waals surface area contributed by atoms with Gasteiger partial charge in [-0.2, -0.15) is 0 Å². The minimum Gasteiger partial charge on any atom is -0.271 e. The van der Waals surface area contributed by atoms with Crippen molar-refractivity contribution in [1.29, 1.82) is 0 Å². The van der Waals surface area contributed by atoms with Gasteiger partial charge in [0.15, 0.2) is 0 Å². The molecule has 1 atom stereocenters. The van der Waals surface area contributed by atoms with Crippen LogP contribution in [0.15, 0.2) is 48.0 Å². The molecule has 0 radical (unpaired) electrons. The summed E-state index contributed by atoms with van der Waals surface area (Å²) in [5, 5.41) is 2.73. The van der Waals surface area contributed by atoms with E-state index >= 15 is 0 Å². The highest BCUT2D eigenvalue weighted by molar-refractivity contribution is 7.17. The zero-order chi connectivity index (χ0) is 13.2. The molecule has 5 heteroatoms. The summed E-state index contributed by atoms with van der Waals surface area (Å²) in [5.41, 5.74) is 5.88. The lowest BCUT2D eigenvalue weighted by Gasteiger charge is -2.16. The van der Waals surface area contributed by atoms with Crippen LogP contribution in [-0.4, -0.2) is 4.98 Å². The number of nitrogens with zero attached hydrogens (tertiary/aromatic N) is 1. The minimum atomic E-state index is -0.113. The zero-order valence-electron chi connectivity index (χ0n) is 10.0. The molecule has 3 rings (SSSR count). The second-order valence-corrected chi connectivity index (χ2v) is 5.61. The van der Waals surface area contributed by atoms with E-state index in [2.05, 4.69) is 16.5 Å². The monoisotopic (exact) mass is 289 g/mol. The van der Waals surface area contributed by atoms with Gasteiger partial charge >= 0.3 is 0 Å². The van der Waals surface area contributed by atoms with Gasteiger partial charge < -0.3 is 0 Å². The number of hydrogen-bond donors (Lipinski definition) is 2. The van der Waals surface area contributed by atoms with Crippen LogP contribution >= 0.6 is 22.9 Å². The number of pyridine rings is 1. The number of nitrogens with one attached hydrogen (secondary N) is 1. The first-order valence-corrected chi connectivity index (χ1v) is 7.08. The van der Waals surface area contributed by atoms with Gasteiger partial charge in [0.2, 0.25) is 0 Å². The number of benzene rings is 1. The molecule has 0 amide bonds. The van der Waals surface area contributed by atoms with Gasteiger partial charge in [0.1, 0.15) is 0 Å². The van der Waals surface area contributed by atoms with Crippen molar-refractivity contribution in [1.82, 2.24) is 10.4 Å². The van der Waals surface area contributed by atoms with E-state index in [1.54, 1.807) is 11.3 Å². The Balaban J connectivity index is 2.06. The largest absolute Gasteiger partial charge is 0.271 e. The Kier molecular flexibility index (Phi) is 3.48. The van der Waals surface area contributed by atoms with E-state index < -0.39 is 0 Å². The number of hydrogen-bond acceptors (Lipinski definition) is 4. The van der Waals surface area contributed by atoms with E-state index in [1.807, 2.05) is 41.9 Å². The molecule has 0 spiro atoms. The quantitative estimate of drug-likeness (QED) is 0.573.